The Morgan fingerprint density at radius 3 is 1.56 bits per heavy atom. The van der Waals surface area contributed by atoms with E-state index in [9.17, 15) is 53.1 Å². The molecule has 0 aliphatic carbocycles. The number of aromatic nitrogens is 6. The fraction of sp³-hybridized carbons (Fsp3) is 0.583. The maximum Gasteiger partial charge on any atom is 0.326 e. The van der Waals surface area contributed by atoms with E-state index >= 15 is 0 Å². The summed E-state index contributed by atoms with van der Waals surface area (Å²) in [4.78, 5) is 164. The highest BCUT2D eigenvalue weighted by molar-refractivity contribution is 5.99. The van der Waals surface area contributed by atoms with Crippen LogP contribution in [0.3, 0.4) is 0 Å². The highest BCUT2D eigenvalue weighted by atomic mass is 16.4. The molecule has 1 aliphatic heterocycles. The number of nitrogens with two attached hydrogens (primary N) is 3. The molecule has 5 rings (SSSR count). The van der Waals surface area contributed by atoms with Gasteiger partial charge in [0.25, 0.3) is 0 Å². The second-order valence-electron chi connectivity index (χ2n) is 23.4. The number of carbonyl (C=O) groups excluding carboxylic acids is 9. The molecule has 29 heteroatoms. The summed E-state index contributed by atoms with van der Waals surface area (Å²) in [6.45, 7) is 11.3. The van der Waals surface area contributed by atoms with Gasteiger partial charge in [-0.05, 0) is 87.8 Å². The van der Waals surface area contributed by atoms with E-state index in [1.54, 1.807) is 64.2 Å². The van der Waals surface area contributed by atoms with Crippen molar-refractivity contribution in [2.75, 3.05) is 19.6 Å². The van der Waals surface area contributed by atoms with Crippen LogP contribution >= 0.6 is 0 Å². The summed E-state index contributed by atoms with van der Waals surface area (Å²) in [7, 11) is 0. The number of nitrogens with zero attached hydrogens (tertiary/aromatic N) is 4. The number of carboxylic acids is 1. The first kappa shape index (κ1) is 71.2. The van der Waals surface area contributed by atoms with Gasteiger partial charge >= 0.3 is 5.97 Å². The quantitative estimate of drug-likeness (QED) is 0.0240. The number of benzene rings is 1. The van der Waals surface area contributed by atoms with Crippen LogP contribution in [0.15, 0.2) is 67.9 Å². The first-order valence-electron chi connectivity index (χ1n) is 30.6. The van der Waals surface area contributed by atoms with Gasteiger partial charge in [0.15, 0.2) is 0 Å². The van der Waals surface area contributed by atoms with Crippen LogP contribution in [-0.2, 0) is 73.6 Å². The number of H-pyrrole nitrogens is 3. The van der Waals surface area contributed by atoms with Gasteiger partial charge in [-0.15, -0.1) is 0 Å². The number of rotatable bonds is 38. The molecule has 29 nitrogen and oxygen atoms in total. The van der Waals surface area contributed by atoms with E-state index in [2.05, 4.69) is 72.4 Å². The van der Waals surface area contributed by atoms with E-state index in [-0.39, 0.29) is 63.8 Å². The molecule has 0 bridgehead atoms. The smallest absolute Gasteiger partial charge is 0.326 e. The van der Waals surface area contributed by atoms with Crippen LogP contribution in [0.5, 0.6) is 0 Å². The Morgan fingerprint density at radius 1 is 0.573 bits per heavy atom. The van der Waals surface area contributed by atoms with Gasteiger partial charge in [-0.1, -0.05) is 78.3 Å². The zero-order valence-corrected chi connectivity index (χ0v) is 51.7. The largest absolute Gasteiger partial charge is 0.480 e. The SMILES string of the molecule is CC[C@H](C)[C@H](NC(=O)[C@@H](NC(=O)[C@H](CC(C)C)NC(=O)[C@H](Cc1c[nH]cn1)NC(=O)[C@H](Cc1ccccc1)NC(=O)[C@@H]1CCCN1C(=O)[C@H](Cc1c[nH]cn1)NC(=O)[C@@H](N)CCCN)C(C)C)C(=O)N[C@@H](Cc1c[nH]cn1)C(=O)N[C@@H](CCCCN)C(=O)O. The molecular formula is C60H92N18O11. The van der Waals surface area contributed by atoms with E-state index in [1.807, 2.05) is 13.8 Å². The molecule has 1 aromatic carbocycles. The number of imidazole rings is 3. The molecule has 18 N–H and O–H groups in total. The predicted molar refractivity (Wildman–Crippen MR) is 328 cm³/mol. The molecule has 11 atom stereocenters. The topological polar surface area (TPSA) is 455 Å². The lowest BCUT2D eigenvalue weighted by molar-refractivity contribution is -0.142. The molecule has 0 unspecified atom stereocenters. The standard InChI is InChI=1S/C60H92N18O11/c1-7-36(6)50(58(86)74-46(26-39-29-65-32-68-39)53(81)70-42(60(88)89)18-11-12-20-61)77-57(85)49(35(4)5)76-55(83)43(23-34(2)3)71-54(82)45(25-38-28-64-31-67-38)72-52(80)44(24-37-15-9-8-10-16-37)73-56(84)48-19-14-22-78(48)59(87)47(27-40-30-66-33-69-40)75-51(79)41(63)17-13-21-62/h8-10,15-16,28-36,41-50H,7,11-14,17-27,61-63H2,1-6H3,(H,64,67)(H,65,68)(H,66,69)(H,70,81)(H,71,82)(H,72,80)(H,73,84)(H,74,86)(H,75,79)(H,76,83)(H,77,85)(H,88,89)/t36-,41-,42-,43-,44-,45-,46-,47-,48-,49-,50-/m0/s1. The summed E-state index contributed by atoms with van der Waals surface area (Å²) in [5.41, 5.74) is 19.3. The Hall–Kier alpha value is -8.57. The fourth-order valence-electron chi connectivity index (χ4n) is 10.3. The summed E-state index contributed by atoms with van der Waals surface area (Å²) in [6.07, 6.45) is 11.4. The van der Waals surface area contributed by atoms with Crippen molar-refractivity contribution in [1.82, 2.24) is 77.3 Å². The molecule has 9 amide bonds. The van der Waals surface area contributed by atoms with Gasteiger partial charge in [-0.3, -0.25) is 43.2 Å². The van der Waals surface area contributed by atoms with Crippen LogP contribution < -0.4 is 59.7 Å². The lowest BCUT2D eigenvalue weighted by Gasteiger charge is -2.31. The summed E-state index contributed by atoms with van der Waals surface area (Å²) in [6, 6.07) is -3.46. The van der Waals surface area contributed by atoms with Crippen molar-refractivity contribution >= 4 is 59.1 Å². The van der Waals surface area contributed by atoms with Crippen LogP contribution in [0, 0.1) is 17.8 Å². The number of hydrogen-bond acceptors (Lipinski definition) is 16. The molecule has 1 saturated heterocycles. The second kappa shape index (κ2) is 36.0. The molecular weight excluding hydrogens is 1150 g/mol. The third-order valence-corrected chi connectivity index (χ3v) is 15.5. The van der Waals surface area contributed by atoms with E-state index in [0.717, 1.165) is 0 Å². The molecule has 488 valence electrons. The molecule has 0 saturated carbocycles. The monoisotopic (exact) mass is 1240 g/mol. The predicted octanol–water partition coefficient (Wildman–Crippen LogP) is -0.976. The lowest BCUT2D eigenvalue weighted by Crippen LogP contribution is -2.62. The van der Waals surface area contributed by atoms with E-state index in [4.69, 9.17) is 17.2 Å². The van der Waals surface area contributed by atoms with Gasteiger partial charge in [-0.2, -0.15) is 0 Å². The van der Waals surface area contributed by atoms with Crippen molar-refractivity contribution in [3.63, 3.8) is 0 Å². The van der Waals surface area contributed by atoms with Crippen molar-refractivity contribution < 1.29 is 53.1 Å². The Labute approximate surface area is 518 Å². The van der Waals surface area contributed by atoms with Crippen LogP contribution in [0.25, 0.3) is 0 Å². The molecule has 0 radical (unpaired) electrons. The number of aliphatic carboxylic acids is 1. The van der Waals surface area contributed by atoms with Crippen LogP contribution in [0.2, 0.25) is 0 Å². The summed E-state index contributed by atoms with van der Waals surface area (Å²) >= 11 is 0. The molecule has 4 heterocycles. The van der Waals surface area contributed by atoms with Crippen molar-refractivity contribution in [2.24, 2.45) is 35.0 Å². The van der Waals surface area contributed by atoms with E-state index in [0.29, 0.717) is 67.8 Å². The van der Waals surface area contributed by atoms with Crippen molar-refractivity contribution in [1.29, 1.82) is 0 Å². The van der Waals surface area contributed by atoms with Crippen molar-refractivity contribution in [3.8, 4) is 0 Å². The van der Waals surface area contributed by atoms with Gasteiger partial charge in [-0.25, -0.2) is 19.7 Å². The van der Waals surface area contributed by atoms with E-state index in [1.165, 1.54) is 36.3 Å². The minimum atomic E-state index is -1.40. The Kier molecular flexibility index (Phi) is 28.8. The number of hydrogen-bond donors (Lipinski definition) is 15. The molecule has 89 heavy (non-hydrogen) atoms. The normalized spacial score (nSPS) is 16.5. The lowest BCUT2D eigenvalue weighted by atomic mass is 9.95. The Morgan fingerprint density at radius 2 is 1.06 bits per heavy atom. The maximum atomic E-state index is 14.8. The van der Waals surface area contributed by atoms with Crippen LogP contribution in [0.1, 0.15) is 122 Å². The molecule has 0 spiro atoms. The number of amides is 9. The number of unbranched alkanes of at least 4 members (excludes halogenated alkanes) is 1. The Bertz CT molecular complexity index is 2890. The van der Waals surface area contributed by atoms with Crippen molar-refractivity contribution in [2.45, 2.75) is 185 Å². The third-order valence-electron chi connectivity index (χ3n) is 15.5. The van der Waals surface area contributed by atoms with Gasteiger partial charge < -0.3 is 84.7 Å². The molecule has 1 fully saturated rings. The molecule has 3 aromatic heterocycles. The average molecular weight is 1240 g/mol. The number of carboxylic acid groups (broad SMARTS) is 1. The molecule has 1 aliphatic rings. The van der Waals surface area contributed by atoms with E-state index < -0.39 is 131 Å². The summed E-state index contributed by atoms with van der Waals surface area (Å²) < 4.78 is 0. The average Bonchev–Trinajstić information content (AvgIpc) is 2.61. The zero-order chi connectivity index (χ0) is 65.2. The highest BCUT2D eigenvalue weighted by Gasteiger charge is 2.41. The fourth-order valence-corrected chi connectivity index (χ4v) is 10.3. The Balaban J connectivity index is 1.35. The summed E-state index contributed by atoms with van der Waals surface area (Å²) in [5.74, 6) is -8.98. The minimum absolute atomic E-state index is 0.00994. The highest BCUT2D eigenvalue weighted by Crippen LogP contribution is 2.21. The number of likely N-dealkylation sites (tertiary alicyclic amines) is 1. The third kappa shape index (κ3) is 22.5. The molecule has 4 aromatic rings. The number of carbonyl (C=O) groups is 10. The van der Waals surface area contributed by atoms with Gasteiger partial charge in [0.1, 0.15) is 54.4 Å². The van der Waals surface area contributed by atoms with Gasteiger partial charge in [0.05, 0.1) is 42.1 Å². The van der Waals surface area contributed by atoms with Crippen molar-refractivity contribution in [3.05, 3.63) is 90.5 Å². The number of aromatic amines is 3. The second-order valence-corrected chi connectivity index (χ2v) is 23.4. The maximum absolute atomic E-state index is 14.8. The zero-order valence-electron chi connectivity index (χ0n) is 51.7. The number of nitrogens with one attached hydrogen (secondary N) is 11. The summed E-state index contributed by atoms with van der Waals surface area (Å²) in [5, 5.41) is 31.9. The minimum Gasteiger partial charge on any atom is -0.480 e. The first-order valence-corrected chi connectivity index (χ1v) is 30.6. The van der Waals surface area contributed by atoms with Gasteiger partial charge in [0, 0.05) is 50.8 Å². The first-order chi connectivity index (χ1) is 42.5. The van der Waals surface area contributed by atoms with Gasteiger partial charge in [0.2, 0.25) is 53.2 Å². The van der Waals surface area contributed by atoms with Crippen LogP contribution in [-0.4, -0.2) is 179 Å². The van der Waals surface area contributed by atoms with Crippen LogP contribution in [0.4, 0.5) is 0 Å².